The summed E-state index contributed by atoms with van der Waals surface area (Å²) in [6.45, 7) is 9.39. The lowest BCUT2D eigenvalue weighted by Crippen LogP contribution is -2.42. The summed E-state index contributed by atoms with van der Waals surface area (Å²) in [6.07, 6.45) is 4.84. The Kier molecular flexibility index (Phi) is 5.51. The van der Waals surface area contributed by atoms with Crippen molar-refractivity contribution in [3.8, 4) is 0 Å². The number of nitrogens with one attached hydrogen (secondary N) is 1. The van der Waals surface area contributed by atoms with Crippen LogP contribution >= 0.6 is 0 Å². The van der Waals surface area contributed by atoms with E-state index in [0.717, 1.165) is 51.8 Å². The van der Waals surface area contributed by atoms with Crippen LogP contribution in [0.3, 0.4) is 0 Å². The fraction of sp³-hybridized carbons (Fsp3) is 0.333. The molecule has 4 heteroatoms. The topological polar surface area (TPSA) is 51.1 Å². The van der Waals surface area contributed by atoms with Gasteiger partial charge in [-0.25, -0.2) is 0 Å². The van der Waals surface area contributed by atoms with Crippen molar-refractivity contribution in [2.24, 2.45) is 10.8 Å². The number of rotatable bonds is 3. The molecule has 0 saturated carbocycles. The van der Waals surface area contributed by atoms with Crippen molar-refractivity contribution in [1.29, 1.82) is 0 Å². The average molecular weight is 529 g/mol. The Hall–Kier alpha value is -3.92. The van der Waals surface area contributed by atoms with E-state index in [1.54, 1.807) is 0 Å². The summed E-state index contributed by atoms with van der Waals surface area (Å²) in [5.41, 5.74) is 6.87. The molecule has 202 valence electrons. The predicted molar refractivity (Wildman–Crippen MR) is 161 cm³/mol. The molecule has 0 radical (unpaired) electrons. The van der Waals surface area contributed by atoms with E-state index >= 15 is 0 Å². The van der Waals surface area contributed by atoms with Crippen molar-refractivity contribution in [3.05, 3.63) is 107 Å². The van der Waals surface area contributed by atoms with E-state index in [9.17, 15) is 9.59 Å². The van der Waals surface area contributed by atoms with Gasteiger partial charge in [-0.15, -0.1) is 0 Å². The van der Waals surface area contributed by atoms with E-state index < -0.39 is 0 Å². The molecule has 2 aliphatic carbocycles. The minimum Gasteiger partial charge on any atom is -0.362 e. The van der Waals surface area contributed by atoms with Gasteiger partial charge in [0.05, 0.1) is 0 Å². The molecule has 40 heavy (non-hydrogen) atoms. The van der Waals surface area contributed by atoms with Crippen LogP contribution in [0.1, 0.15) is 70.4 Å². The number of ketones is 2. The number of carbonyl (C=O) groups excluding carboxylic acids is 2. The Morgan fingerprint density at radius 3 is 1.98 bits per heavy atom. The molecular formula is C36H36N2O2. The molecule has 2 heterocycles. The summed E-state index contributed by atoms with van der Waals surface area (Å²) in [5.74, 6) is -0.00486. The highest BCUT2D eigenvalue weighted by atomic mass is 16.1. The molecule has 3 aromatic carbocycles. The van der Waals surface area contributed by atoms with E-state index in [-0.39, 0.29) is 28.3 Å². The van der Waals surface area contributed by atoms with Crippen LogP contribution in [-0.4, -0.2) is 16.1 Å². The third kappa shape index (κ3) is 4.04. The maximum Gasteiger partial charge on any atom is 0.162 e. The van der Waals surface area contributed by atoms with E-state index in [4.69, 9.17) is 0 Å². The number of carbonyl (C=O) groups is 2. The monoisotopic (exact) mass is 528 g/mol. The van der Waals surface area contributed by atoms with Crippen molar-refractivity contribution < 1.29 is 9.59 Å². The van der Waals surface area contributed by atoms with Gasteiger partial charge in [-0.05, 0) is 51.6 Å². The predicted octanol–water partition coefficient (Wildman–Crippen LogP) is 7.82. The first-order valence-corrected chi connectivity index (χ1v) is 14.4. The number of nitrogens with zero attached hydrogens (tertiary/aromatic N) is 1. The number of benzene rings is 3. The van der Waals surface area contributed by atoms with Crippen molar-refractivity contribution >= 4 is 33.2 Å². The Bertz CT molecular complexity index is 1740. The third-order valence-electron chi connectivity index (χ3n) is 9.07. The third-order valence-corrected chi connectivity index (χ3v) is 9.07. The van der Waals surface area contributed by atoms with Crippen molar-refractivity contribution in [2.75, 3.05) is 0 Å². The number of hydrogen-bond acceptors (Lipinski definition) is 3. The molecule has 1 N–H and O–H groups in total. The summed E-state index contributed by atoms with van der Waals surface area (Å²) in [4.78, 5) is 27.8. The molecule has 0 fully saturated rings. The summed E-state index contributed by atoms with van der Waals surface area (Å²) in [5, 5.41) is 7.24. The van der Waals surface area contributed by atoms with Gasteiger partial charge < -0.3 is 9.88 Å². The molecule has 0 saturated heterocycles. The first kappa shape index (κ1) is 25.1. The Balaban J connectivity index is 1.44. The molecule has 7 rings (SSSR count). The number of para-hydroxylation sites is 1. The van der Waals surface area contributed by atoms with Crippen LogP contribution in [0.5, 0.6) is 0 Å². The van der Waals surface area contributed by atoms with Gasteiger partial charge in [-0.2, -0.15) is 0 Å². The highest BCUT2D eigenvalue weighted by Crippen LogP contribution is 2.52. The number of fused-ring (bicyclic) bond motifs is 2. The van der Waals surface area contributed by atoms with Crippen LogP contribution in [0, 0.1) is 10.8 Å². The van der Waals surface area contributed by atoms with Gasteiger partial charge in [-0.3, -0.25) is 9.59 Å². The lowest BCUT2D eigenvalue weighted by molar-refractivity contribution is -0.119. The number of dihydropyridines is 1. The van der Waals surface area contributed by atoms with Crippen molar-refractivity contribution in [1.82, 2.24) is 9.88 Å². The lowest BCUT2D eigenvalue weighted by Gasteiger charge is -2.43. The van der Waals surface area contributed by atoms with Crippen LogP contribution in [0.4, 0.5) is 0 Å². The maximum absolute atomic E-state index is 13.9. The van der Waals surface area contributed by atoms with Crippen LogP contribution in [-0.2, 0) is 16.1 Å². The van der Waals surface area contributed by atoms with Crippen molar-refractivity contribution in [3.63, 3.8) is 0 Å². The molecule has 4 nitrogen and oxygen atoms in total. The zero-order chi connectivity index (χ0) is 27.8. The molecule has 0 spiro atoms. The van der Waals surface area contributed by atoms with Crippen molar-refractivity contribution in [2.45, 2.75) is 65.8 Å². The zero-order valence-electron chi connectivity index (χ0n) is 23.8. The van der Waals surface area contributed by atoms with Crippen LogP contribution in [0.15, 0.2) is 95.5 Å². The van der Waals surface area contributed by atoms with Crippen LogP contribution in [0.2, 0.25) is 0 Å². The molecule has 1 aliphatic heterocycles. The Morgan fingerprint density at radius 2 is 1.30 bits per heavy atom. The Morgan fingerprint density at radius 1 is 0.725 bits per heavy atom. The molecule has 0 unspecified atom stereocenters. The zero-order valence-corrected chi connectivity index (χ0v) is 23.8. The SMILES string of the molecule is CC1(C)CC(=O)C2=C(C1)NC1=C(C(=O)CC(C)(C)C1)C2c1cn(Cc2cccc3ccccc23)c2ccccc12. The lowest BCUT2D eigenvalue weighted by atomic mass is 9.64. The van der Waals surface area contributed by atoms with E-state index in [1.807, 2.05) is 0 Å². The second kappa shape index (κ2) is 8.79. The highest BCUT2D eigenvalue weighted by Gasteiger charge is 2.47. The minimum atomic E-state index is -0.336. The van der Waals surface area contributed by atoms with Gasteiger partial charge >= 0.3 is 0 Å². The first-order valence-electron chi connectivity index (χ1n) is 14.4. The van der Waals surface area contributed by atoms with Gasteiger partial charge in [0.25, 0.3) is 0 Å². The summed E-state index contributed by atoms with van der Waals surface area (Å²) in [6, 6.07) is 23.4. The standard InChI is InChI=1S/C36H36N2O2/c1-35(2)16-27-33(30(39)18-35)32(34-28(37-27)17-36(3,4)19-31(34)40)26-21-38(29-15-8-7-14-25(26)29)20-23-12-9-11-22-10-5-6-13-24(22)23/h5-15,21,32,37H,16-20H2,1-4H3. The highest BCUT2D eigenvalue weighted by molar-refractivity contribution is 6.08. The van der Waals surface area contributed by atoms with Crippen LogP contribution in [0.25, 0.3) is 21.7 Å². The maximum atomic E-state index is 13.9. The molecule has 0 atom stereocenters. The van der Waals surface area contributed by atoms with Gasteiger partial charge in [0.2, 0.25) is 0 Å². The number of allylic oxidation sites excluding steroid dienone is 4. The second-order valence-corrected chi connectivity index (χ2v) is 13.6. The summed E-state index contributed by atoms with van der Waals surface area (Å²) < 4.78 is 2.31. The number of hydrogen-bond donors (Lipinski definition) is 1. The number of Topliss-reactive ketones (excluding diaryl/α,β-unsaturated/α-hetero) is 2. The van der Waals surface area contributed by atoms with E-state index in [0.29, 0.717) is 19.4 Å². The summed E-state index contributed by atoms with van der Waals surface area (Å²) >= 11 is 0. The first-order chi connectivity index (χ1) is 19.1. The minimum absolute atomic E-state index is 0.109. The molecule has 0 amide bonds. The van der Waals surface area contributed by atoms with Gasteiger partial charge in [0, 0.05) is 64.9 Å². The number of aromatic nitrogens is 1. The largest absolute Gasteiger partial charge is 0.362 e. The smallest absolute Gasteiger partial charge is 0.162 e. The average Bonchev–Trinajstić information content (AvgIpc) is 3.24. The second-order valence-electron chi connectivity index (χ2n) is 13.6. The van der Waals surface area contributed by atoms with E-state index in [1.165, 1.54) is 16.3 Å². The molecule has 1 aromatic heterocycles. The molecular weight excluding hydrogens is 492 g/mol. The van der Waals surface area contributed by atoms with E-state index in [2.05, 4.69) is 111 Å². The van der Waals surface area contributed by atoms with Gasteiger partial charge in [0.15, 0.2) is 11.6 Å². The molecule has 0 bridgehead atoms. The molecule has 4 aromatic rings. The van der Waals surface area contributed by atoms with Crippen LogP contribution < -0.4 is 5.32 Å². The normalized spacial score (nSPS) is 20.6. The fourth-order valence-electron chi connectivity index (χ4n) is 7.45. The quantitative estimate of drug-likeness (QED) is 0.295. The fourth-order valence-corrected chi connectivity index (χ4v) is 7.45. The van der Waals surface area contributed by atoms with Gasteiger partial charge in [0.1, 0.15) is 0 Å². The Labute approximate surface area is 235 Å². The molecule has 3 aliphatic rings. The summed E-state index contributed by atoms with van der Waals surface area (Å²) in [7, 11) is 0. The van der Waals surface area contributed by atoms with Gasteiger partial charge in [-0.1, -0.05) is 88.4 Å².